The van der Waals surface area contributed by atoms with Crippen LogP contribution in [-0.2, 0) is 11.2 Å². The van der Waals surface area contributed by atoms with Crippen molar-refractivity contribution in [1.29, 1.82) is 0 Å². The Bertz CT molecular complexity index is 820. The third kappa shape index (κ3) is 4.02. The van der Waals surface area contributed by atoms with E-state index in [0.717, 1.165) is 43.0 Å². The van der Waals surface area contributed by atoms with E-state index in [1.807, 2.05) is 11.3 Å². The fourth-order valence-electron chi connectivity index (χ4n) is 4.61. The lowest BCUT2D eigenvalue weighted by Crippen LogP contribution is -2.26. The highest BCUT2D eigenvalue weighted by atomic mass is 32.1. The summed E-state index contributed by atoms with van der Waals surface area (Å²) < 4.78 is 14.0. The summed E-state index contributed by atoms with van der Waals surface area (Å²) in [5.74, 6) is 2.03. The summed E-state index contributed by atoms with van der Waals surface area (Å²) in [6.07, 6.45) is 12.3. The summed E-state index contributed by atoms with van der Waals surface area (Å²) >= 11 is 1.82. The minimum absolute atomic E-state index is 0.268. The van der Waals surface area contributed by atoms with Crippen LogP contribution in [0.3, 0.4) is 0 Å². The van der Waals surface area contributed by atoms with E-state index in [4.69, 9.17) is 9.47 Å². The Labute approximate surface area is 165 Å². The molecule has 0 aliphatic heterocycles. The highest BCUT2D eigenvalue weighted by Gasteiger charge is 2.31. The van der Waals surface area contributed by atoms with Gasteiger partial charge in [0.15, 0.2) is 0 Å². The molecular formula is C21H30N3O2S+. The van der Waals surface area contributed by atoms with Crippen LogP contribution in [0.25, 0.3) is 10.2 Å². The molecular weight excluding hydrogens is 358 g/mol. The lowest BCUT2D eigenvalue weighted by atomic mass is 9.88. The smallest absolute Gasteiger partial charge is 0.225 e. The van der Waals surface area contributed by atoms with E-state index in [9.17, 15) is 0 Å². The second kappa shape index (κ2) is 8.23. The first-order valence-electron chi connectivity index (χ1n) is 10.1. The number of aromatic nitrogens is 2. The maximum atomic E-state index is 6.46. The average molecular weight is 389 g/mol. The van der Waals surface area contributed by atoms with Crippen molar-refractivity contribution in [3.63, 3.8) is 0 Å². The van der Waals surface area contributed by atoms with Crippen molar-refractivity contribution in [3.8, 4) is 5.88 Å². The molecule has 0 N–H and O–H groups in total. The van der Waals surface area contributed by atoms with E-state index >= 15 is 0 Å². The van der Waals surface area contributed by atoms with Crippen LogP contribution in [0, 0.1) is 5.92 Å². The molecule has 146 valence electrons. The Morgan fingerprint density at radius 1 is 1.19 bits per heavy atom. The predicted molar refractivity (Wildman–Crippen MR) is 110 cm³/mol. The zero-order chi connectivity index (χ0) is 18.8. The Balaban J connectivity index is 1.54. The molecule has 1 atom stereocenters. The maximum Gasteiger partial charge on any atom is 0.225 e. The van der Waals surface area contributed by atoms with Gasteiger partial charge in [0.05, 0.1) is 5.39 Å². The van der Waals surface area contributed by atoms with Crippen LogP contribution in [-0.4, -0.2) is 54.7 Å². The first-order chi connectivity index (χ1) is 13.2. The largest absolute Gasteiger partial charge is 0.474 e. The number of nitrogens with zero attached hydrogens (tertiary/aromatic N) is 3. The van der Waals surface area contributed by atoms with Crippen LogP contribution in [0.4, 0.5) is 0 Å². The molecule has 4 rings (SSSR count). The molecule has 1 unspecified atom stereocenters. The van der Waals surface area contributed by atoms with Gasteiger partial charge in [-0.15, -0.1) is 11.3 Å². The summed E-state index contributed by atoms with van der Waals surface area (Å²) in [5, 5.41) is 1.18. The summed E-state index contributed by atoms with van der Waals surface area (Å²) in [6, 6.07) is 0. The second-order valence-electron chi connectivity index (χ2n) is 8.08. The van der Waals surface area contributed by atoms with E-state index < -0.39 is 0 Å². The Morgan fingerprint density at radius 2 is 2.00 bits per heavy atom. The standard InChI is InChI=1S/C21H30N3O2S/c1-24(2)12-14-4-7-16(8-5-14)26-20-19-18-15(10-11-25-3)6-9-17(18)27-21(19)23-13-22-20/h12-16H,4-11H2,1-3H3/q+1. The summed E-state index contributed by atoms with van der Waals surface area (Å²) in [5.41, 5.74) is 1.44. The van der Waals surface area contributed by atoms with Crippen molar-refractivity contribution >= 4 is 27.8 Å². The van der Waals surface area contributed by atoms with Crippen LogP contribution >= 0.6 is 11.3 Å². The number of ether oxygens (including phenoxy) is 2. The number of hydrogen-bond donors (Lipinski definition) is 0. The zero-order valence-electron chi connectivity index (χ0n) is 16.6. The van der Waals surface area contributed by atoms with Crippen molar-refractivity contribution in [3.05, 3.63) is 16.8 Å². The fourth-order valence-corrected chi connectivity index (χ4v) is 5.84. The molecule has 0 radical (unpaired) electrons. The third-order valence-corrected chi connectivity index (χ3v) is 7.05. The summed E-state index contributed by atoms with van der Waals surface area (Å²) in [4.78, 5) is 11.7. The molecule has 0 bridgehead atoms. The Morgan fingerprint density at radius 3 is 2.74 bits per heavy atom. The number of thiophene rings is 1. The van der Waals surface area contributed by atoms with Gasteiger partial charge in [0.1, 0.15) is 37.6 Å². The van der Waals surface area contributed by atoms with E-state index in [1.54, 1.807) is 13.4 Å². The highest BCUT2D eigenvalue weighted by molar-refractivity contribution is 7.19. The first kappa shape index (κ1) is 18.8. The molecule has 0 aromatic carbocycles. The molecule has 0 saturated heterocycles. The SMILES string of the molecule is COCCC1CCc2sc3ncnc(OC4CCC(C=[N+](C)C)CC4)c3c21. The van der Waals surface area contributed by atoms with Gasteiger partial charge < -0.3 is 9.47 Å². The van der Waals surface area contributed by atoms with Gasteiger partial charge in [-0.2, -0.15) is 0 Å². The third-order valence-electron chi connectivity index (χ3n) is 5.87. The second-order valence-corrected chi connectivity index (χ2v) is 9.17. The molecule has 1 saturated carbocycles. The predicted octanol–water partition coefficient (Wildman–Crippen LogP) is 4.04. The molecule has 0 amide bonds. The molecule has 27 heavy (non-hydrogen) atoms. The van der Waals surface area contributed by atoms with Gasteiger partial charge in [-0.05, 0) is 56.4 Å². The monoisotopic (exact) mass is 388 g/mol. The van der Waals surface area contributed by atoms with Crippen LogP contribution < -0.4 is 4.74 Å². The van der Waals surface area contributed by atoms with Gasteiger partial charge in [0.2, 0.25) is 5.88 Å². The quantitative estimate of drug-likeness (QED) is 0.553. The van der Waals surface area contributed by atoms with E-state index in [-0.39, 0.29) is 6.10 Å². The van der Waals surface area contributed by atoms with Crippen molar-refractivity contribution in [1.82, 2.24) is 9.97 Å². The van der Waals surface area contributed by atoms with E-state index in [2.05, 4.69) is 34.9 Å². The minimum Gasteiger partial charge on any atom is -0.474 e. The number of fused-ring (bicyclic) bond motifs is 3. The van der Waals surface area contributed by atoms with Gasteiger partial charge in [-0.1, -0.05) is 0 Å². The highest BCUT2D eigenvalue weighted by Crippen LogP contribution is 2.47. The zero-order valence-corrected chi connectivity index (χ0v) is 17.4. The van der Waals surface area contributed by atoms with E-state index in [0.29, 0.717) is 11.8 Å². The van der Waals surface area contributed by atoms with Gasteiger partial charge >= 0.3 is 0 Å². The number of aryl methyl sites for hydroxylation is 1. The molecule has 2 aliphatic rings. The lowest BCUT2D eigenvalue weighted by molar-refractivity contribution is -0.462. The number of rotatable bonds is 6. The van der Waals surface area contributed by atoms with Gasteiger partial charge in [-0.3, -0.25) is 0 Å². The van der Waals surface area contributed by atoms with E-state index in [1.165, 1.54) is 35.1 Å². The first-order valence-corrected chi connectivity index (χ1v) is 10.9. The lowest BCUT2D eigenvalue weighted by Gasteiger charge is -2.26. The molecule has 2 aromatic heterocycles. The van der Waals surface area contributed by atoms with Gasteiger partial charge in [-0.25, -0.2) is 14.5 Å². The molecule has 2 heterocycles. The number of methoxy groups -OCH3 is 1. The topological polar surface area (TPSA) is 47.3 Å². The molecule has 1 fully saturated rings. The van der Waals surface area contributed by atoms with Crippen LogP contribution in [0.2, 0.25) is 0 Å². The normalized spacial score (nSPS) is 24.8. The van der Waals surface area contributed by atoms with Gasteiger partial charge in [0, 0.05) is 24.5 Å². The van der Waals surface area contributed by atoms with Crippen molar-refractivity contribution in [2.24, 2.45) is 5.92 Å². The molecule has 0 spiro atoms. The molecule has 2 aliphatic carbocycles. The van der Waals surface area contributed by atoms with Crippen molar-refractivity contribution in [2.75, 3.05) is 27.8 Å². The Hall–Kier alpha value is -1.53. The molecule has 6 heteroatoms. The van der Waals surface area contributed by atoms with Gasteiger partial charge in [0.25, 0.3) is 0 Å². The van der Waals surface area contributed by atoms with Crippen molar-refractivity contribution in [2.45, 2.75) is 57.0 Å². The van der Waals surface area contributed by atoms with Crippen LogP contribution in [0.1, 0.15) is 54.9 Å². The van der Waals surface area contributed by atoms with Crippen molar-refractivity contribution < 1.29 is 14.0 Å². The fraction of sp³-hybridized carbons (Fsp3) is 0.667. The maximum absolute atomic E-state index is 6.46. The number of hydrogen-bond acceptors (Lipinski definition) is 5. The summed E-state index contributed by atoms with van der Waals surface area (Å²) in [7, 11) is 6.00. The minimum atomic E-state index is 0.268. The average Bonchev–Trinajstić information content (AvgIpc) is 3.21. The summed E-state index contributed by atoms with van der Waals surface area (Å²) in [6.45, 7) is 0.803. The molecule has 2 aromatic rings. The molecule has 5 nitrogen and oxygen atoms in total. The van der Waals surface area contributed by atoms with Crippen LogP contribution in [0.15, 0.2) is 6.33 Å². The Kier molecular flexibility index (Phi) is 5.74. The van der Waals surface area contributed by atoms with Crippen LogP contribution in [0.5, 0.6) is 5.88 Å².